The van der Waals surface area contributed by atoms with Crippen LogP contribution in [0.2, 0.25) is 0 Å². The molecular formula is C18H24F2N6S. The number of guanidine groups is 1. The van der Waals surface area contributed by atoms with Crippen LogP contribution >= 0.6 is 11.5 Å². The van der Waals surface area contributed by atoms with Crippen LogP contribution in [-0.2, 0) is 12.8 Å². The summed E-state index contributed by atoms with van der Waals surface area (Å²) in [6, 6.07) is 4.26. The molecule has 1 aliphatic heterocycles. The summed E-state index contributed by atoms with van der Waals surface area (Å²) in [4.78, 5) is 13.3. The normalized spacial score (nSPS) is 15.3. The molecule has 146 valence electrons. The first kappa shape index (κ1) is 19.5. The predicted molar refractivity (Wildman–Crippen MR) is 104 cm³/mol. The number of nitrogens with zero attached hydrogens (tertiary/aromatic N) is 5. The molecule has 0 aliphatic carbocycles. The maximum absolute atomic E-state index is 13.7. The molecule has 0 amide bonds. The van der Waals surface area contributed by atoms with Gasteiger partial charge in [0.25, 0.3) is 0 Å². The SMILES string of the molecule is CCc1nsc(N2CCN(C(=NC)NCCc3cccc(F)c3F)CC2)n1. The topological polar surface area (TPSA) is 56.7 Å². The molecule has 1 saturated heterocycles. The highest BCUT2D eigenvalue weighted by Gasteiger charge is 2.22. The van der Waals surface area contributed by atoms with Crippen LogP contribution in [0.15, 0.2) is 23.2 Å². The first-order chi connectivity index (χ1) is 13.1. The van der Waals surface area contributed by atoms with Crippen LogP contribution in [-0.4, -0.2) is 60.0 Å². The van der Waals surface area contributed by atoms with Gasteiger partial charge in [0.15, 0.2) is 17.6 Å². The van der Waals surface area contributed by atoms with Crippen molar-refractivity contribution in [3.63, 3.8) is 0 Å². The molecule has 1 aliphatic rings. The summed E-state index contributed by atoms with van der Waals surface area (Å²) in [7, 11) is 1.73. The summed E-state index contributed by atoms with van der Waals surface area (Å²) in [5.74, 6) is 0.0831. The lowest BCUT2D eigenvalue weighted by atomic mass is 10.1. The number of anilines is 1. The van der Waals surface area contributed by atoms with Crippen molar-refractivity contribution < 1.29 is 8.78 Å². The number of aliphatic imine (C=N–C) groups is 1. The number of aromatic nitrogens is 2. The van der Waals surface area contributed by atoms with Gasteiger partial charge in [-0.1, -0.05) is 19.1 Å². The Morgan fingerprint density at radius 2 is 2.04 bits per heavy atom. The fourth-order valence-corrected chi connectivity index (χ4v) is 3.81. The number of piperazine rings is 1. The van der Waals surface area contributed by atoms with Crippen molar-refractivity contribution in [3.05, 3.63) is 41.2 Å². The average Bonchev–Trinajstić information content (AvgIpc) is 3.18. The van der Waals surface area contributed by atoms with Crippen molar-refractivity contribution in [3.8, 4) is 0 Å². The van der Waals surface area contributed by atoms with E-state index in [4.69, 9.17) is 0 Å². The molecule has 2 aromatic rings. The number of benzene rings is 1. The molecule has 0 spiro atoms. The quantitative estimate of drug-likeness (QED) is 0.623. The van der Waals surface area contributed by atoms with Crippen LogP contribution in [0.5, 0.6) is 0 Å². The van der Waals surface area contributed by atoms with Crippen molar-refractivity contribution in [2.45, 2.75) is 19.8 Å². The fraction of sp³-hybridized carbons (Fsp3) is 0.500. The maximum Gasteiger partial charge on any atom is 0.205 e. The average molecular weight is 394 g/mol. The molecule has 0 bridgehead atoms. The lowest BCUT2D eigenvalue weighted by Gasteiger charge is -2.36. The van der Waals surface area contributed by atoms with Crippen molar-refractivity contribution in [1.82, 2.24) is 19.6 Å². The standard InChI is InChI=1S/C18H24F2N6S/c1-3-15-23-18(27-24-15)26-11-9-25(10-12-26)17(21-2)22-8-7-13-5-4-6-14(19)16(13)20/h4-6H,3,7-12H2,1-2H3,(H,21,22). The number of aryl methyl sites for hydroxylation is 1. The van der Waals surface area contributed by atoms with E-state index >= 15 is 0 Å². The molecule has 9 heteroatoms. The molecule has 0 unspecified atom stereocenters. The highest BCUT2D eigenvalue weighted by molar-refractivity contribution is 7.09. The van der Waals surface area contributed by atoms with Gasteiger partial charge in [-0.05, 0) is 18.1 Å². The third-order valence-corrected chi connectivity index (χ3v) is 5.36. The summed E-state index contributed by atoms with van der Waals surface area (Å²) in [5.41, 5.74) is 0.366. The number of hydrogen-bond acceptors (Lipinski definition) is 5. The molecule has 0 saturated carbocycles. The zero-order valence-corrected chi connectivity index (χ0v) is 16.4. The Morgan fingerprint density at radius 1 is 1.26 bits per heavy atom. The van der Waals surface area contributed by atoms with Crippen LogP contribution in [0, 0.1) is 11.6 Å². The molecule has 1 aromatic carbocycles. The highest BCUT2D eigenvalue weighted by atomic mass is 32.1. The van der Waals surface area contributed by atoms with E-state index in [0.29, 0.717) is 18.5 Å². The Balaban J connectivity index is 1.49. The Morgan fingerprint density at radius 3 is 2.70 bits per heavy atom. The molecule has 0 radical (unpaired) electrons. The van der Waals surface area contributed by atoms with Gasteiger partial charge in [-0.15, -0.1) is 0 Å². The Bertz CT molecular complexity index is 786. The van der Waals surface area contributed by atoms with Crippen LogP contribution in [0.25, 0.3) is 0 Å². The Kier molecular flexibility index (Phi) is 6.54. The van der Waals surface area contributed by atoms with Gasteiger partial charge in [0, 0.05) is 57.7 Å². The zero-order valence-electron chi connectivity index (χ0n) is 15.6. The largest absolute Gasteiger partial charge is 0.356 e. The van der Waals surface area contributed by atoms with Crippen LogP contribution < -0.4 is 10.2 Å². The van der Waals surface area contributed by atoms with E-state index in [-0.39, 0.29) is 0 Å². The van der Waals surface area contributed by atoms with Crippen molar-refractivity contribution in [1.29, 1.82) is 0 Å². The first-order valence-corrected chi connectivity index (χ1v) is 9.85. The number of halogens is 2. The van der Waals surface area contributed by atoms with E-state index in [1.165, 1.54) is 17.6 Å². The zero-order chi connectivity index (χ0) is 19.2. The lowest BCUT2D eigenvalue weighted by Crippen LogP contribution is -2.52. The van der Waals surface area contributed by atoms with E-state index in [1.54, 1.807) is 13.1 Å². The molecule has 6 nitrogen and oxygen atoms in total. The van der Waals surface area contributed by atoms with Crippen LogP contribution in [0.3, 0.4) is 0 Å². The van der Waals surface area contributed by atoms with E-state index in [0.717, 1.165) is 55.6 Å². The minimum atomic E-state index is -0.809. The number of nitrogens with one attached hydrogen (secondary N) is 1. The van der Waals surface area contributed by atoms with Gasteiger partial charge < -0.3 is 15.1 Å². The van der Waals surface area contributed by atoms with Crippen LogP contribution in [0.1, 0.15) is 18.3 Å². The van der Waals surface area contributed by atoms with E-state index < -0.39 is 11.6 Å². The Hall–Kier alpha value is -2.29. The molecule has 1 fully saturated rings. The fourth-order valence-electron chi connectivity index (χ4n) is 3.01. The lowest BCUT2D eigenvalue weighted by molar-refractivity contribution is 0.372. The predicted octanol–water partition coefficient (Wildman–Crippen LogP) is 2.32. The second-order valence-electron chi connectivity index (χ2n) is 6.26. The first-order valence-electron chi connectivity index (χ1n) is 9.08. The smallest absolute Gasteiger partial charge is 0.205 e. The van der Waals surface area contributed by atoms with Gasteiger partial charge in [-0.2, -0.15) is 4.37 Å². The Labute approximate surface area is 162 Å². The number of hydrogen-bond donors (Lipinski definition) is 1. The summed E-state index contributed by atoms with van der Waals surface area (Å²) in [6.07, 6.45) is 1.24. The minimum absolute atomic E-state index is 0.366. The third-order valence-electron chi connectivity index (χ3n) is 4.54. The summed E-state index contributed by atoms with van der Waals surface area (Å²) >= 11 is 1.44. The van der Waals surface area contributed by atoms with E-state index in [9.17, 15) is 8.78 Å². The molecular weight excluding hydrogens is 370 g/mol. The summed E-state index contributed by atoms with van der Waals surface area (Å²) in [5, 5.41) is 4.21. The van der Waals surface area contributed by atoms with Crippen molar-refractivity contribution in [2.75, 3.05) is 44.7 Å². The van der Waals surface area contributed by atoms with Crippen molar-refractivity contribution in [2.24, 2.45) is 4.99 Å². The molecule has 27 heavy (non-hydrogen) atoms. The van der Waals surface area contributed by atoms with Gasteiger partial charge in [0.05, 0.1) is 0 Å². The van der Waals surface area contributed by atoms with E-state index in [1.807, 2.05) is 0 Å². The summed E-state index contributed by atoms with van der Waals surface area (Å²) < 4.78 is 31.4. The minimum Gasteiger partial charge on any atom is -0.356 e. The highest BCUT2D eigenvalue weighted by Crippen LogP contribution is 2.19. The molecule has 0 atom stereocenters. The summed E-state index contributed by atoms with van der Waals surface area (Å²) in [6.45, 7) is 5.86. The maximum atomic E-state index is 13.7. The molecule has 1 aromatic heterocycles. The van der Waals surface area contributed by atoms with Crippen LogP contribution in [0.4, 0.5) is 13.9 Å². The van der Waals surface area contributed by atoms with E-state index in [2.05, 4.69) is 36.4 Å². The van der Waals surface area contributed by atoms with Gasteiger partial charge in [0.1, 0.15) is 5.82 Å². The second-order valence-corrected chi connectivity index (χ2v) is 6.99. The van der Waals surface area contributed by atoms with Gasteiger partial charge >= 0.3 is 0 Å². The molecule has 3 rings (SSSR count). The third kappa shape index (κ3) is 4.71. The molecule has 2 heterocycles. The second kappa shape index (κ2) is 9.07. The van der Waals surface area contributed by atoms with Gasteiger partial charge in [0.2, 0.25) is 5.13 Å². The van der Waals surface area contributed by atoms with Gasteiger partial charge in [-0.3, -0.25) is 4.99 Å². The number of rotatable bonds is 5. The van der Waals surface area contributed by atoms with Crippen molar-refractivity contribution >= 4 is 22.6 Å². The molecule has 1 N–H and O–H groups in total. The van der Waals surface area contributed by atoms with Gasteiger partial charge in [-0.25, -0.2) is 13.8 Å². The monoisotopic (exact) mass is 394 g/mol.